The SMILES string of the molecule is Cc1ccc(NC(=O)CN2CCC(N)CC2)cc1F.Cl. The molecule has 6 heteroatoms. The maximum absolute atomic E-state index is 13.4. The number of likely N-dealkylation sites (tertiary alicyclic amines) is 1. The van der Waals surface area contributed by atoms with Crippen molar-refractivity contribution in [1.82, 2.24) is 4.90 Å². The topological polar surface area (TPSA) is 58.4 Å². The highest BCUT2D eigenvalue weighted by Crippen LogP contribution is 2.14. The van der Waals surface area contributed by atoms with Crippen molar-refractivity contribution in [1.29, 1.82) is 0 Å². The normalized spacial score (nSPS) is 16.6. The van der Waals surface area contributed by atoms with Gasteiger partial charge in [0.05, 0.1) is 6.54 Å². The second kappa shape index (κ2) is 7.57. The van der Waals surface area contributed by atoms with E-state index in [-0.39, 0.29) is 30.2 Å². The molecule has 0 saturated carbocycles. The van der Waals surface area contributed by atoms with Gasteiger partial charge in [0.1, 0.15) is 5.82 Å². The molecule has 3 N–H and O–H groups in total. The van der Waals surface area contributed by atoms with Gasteiger partial charge in [-0.25, -0.2) is 4.39 Å². The molecular weight excluding hydrogens is 281 g/mol. The third kappa shape index (κ3) is 4.74. The van der Waals surface area contributed by atoms with Gasteiger partial charge >= 0.3 is 0 Å². The highest BCUT2D eigenvalue weighted by Gasteiger charge is 2.18. The Kier molecular flexibility index (Phi) is 6.39. The lowest BCUT2D eigenvalue weighted by atomic mass is 10.1. The average molecular weight is 302 g/mol. The number of rotatable bonds is 3. The van der Waals surface area contributed by atoms with Crippen LogP contribution in [0.2, 0.25) is 0 Å². The summed E-state index contributed by atoms with van der Waals surface area (Å²) in [4.78, 5) is 13.9. The lowest BCUT2D eigenvalue weighted by molar-refractivity contribution is -0.117. The first-order valence-corrected chi connectivity index (χ1v) is 6.58. The Labute approximate surface area is 124 Å². The fraction of sp³-hybridized carbons (Fsp3) is 0.500. The molecule has 0 unspecified atom stereocenters. The summed E-state index contributed by atoms with van der Waals surface area (Å²) in [5.74, 6) is -0.416. The number of carbonyl (C=O) groups excluding carboxylic acids is 1. The van der Waals surface area contributed by atoms with Gasteiger partial charge in [0, 0.05) is 24.8 Å². The van der Waals surface area contributed by atoms with Gasteiger partial charge in [0.2, 0.25) is 5.91 Å². The zero-order chi connectivity index (χ0) is 13.8. The number of benzene rings is 1. The van der Waals surface area contributed by atoms with E-state index < -0.39 is 0 Å². The van der Waals surface area contributed by atoms with E-state index in [2.05, 4.69) is 10.2 Å². The number of piperidine rings is 1. The quantitative estimate of drug-likeness (QED) is 0.897. The standard InChI is InChI=1S/C14H20FN3O.ClH/c1-10-2-3-12(8-13(10)15)17-14(19)9-18-6-4-11(16)5-7-18;/h2-3,8,11H,4-7,9,16H2,1H3,(H,17,19);1H. The van der Waals surface area contributed by atoms with E-state index in [9.17, 15) is 9.18 Å². The Balaban J connectivity index is 0.00000200. The van der Waals surface area contributed by atoms with E-state index >= 15 is 0 Å². The van der Waals surface area contributed by atoms with Crippen molar-refractivity contribution in [3.8, 4) is 0 Å². The van der Waals surface area contributed by atoms with E-state index in [1.165, 1.54) is 6.07 Å². The molecule has 1 saturated heterocycles. The zero-order valence-corrected chi connectivity index (χ0v) is 12.4. The van der Waals surface area contributed by atoms with Crippen LogP contribution in [-0.2, 0) is 4.79 Å². The van der Waals surface area contributed by atoms with Crippen molar-refractivity contribution in [2.24, 2.45) is 5.73 Å². The number of hydrogen-bond donors (Lipinski definition) is 2. The molecule has 0 atom stereocenters. The highest BCUT2D eigenvalue weighted by atomic mass is 35.5. The van der Waals surface area contributed by atoms with Crippen LogP contribution < -0.4 is 11.1 Å². The van der Waals surface area contributed by atoms with Crippen LogP contribution in [0.1, 0.15) is 18.4 Å². The zero-order valence-electron chi connectivity index (χ0n) is 11.6. The second-order valence-electron chi connectivity index (χ2n) is 5.13. The summed E-state index contributed by atoms with van der Waals surface area (Å²) in [7, 11) is 0. The van der Waals surface area contributed by atoms with E-state index in [0.29, 0.717) is 17.8 Å². The third-order valence-corrected chi connectivity index (χ3v) is 3.46. The Hall–Kier alpha value is -1.17. The van der Waals surface area contributed by atoms with Crippen molar-refractivity contribution >= 4 is 24.0 Å². The first-order chi connectivity index (χ1) is 9.04. The number of nitrogens with two attached hydrogens (primary N) is 1. The van der Waals surface area contributed by atoms with Crippen LogP contribution in [0, 0.1) is 12.7 Å². The molecule has 1 fully saturated rings. The molecule has 112 valence electrons. The van der Waals surface area contributed by atoms with Crippen LogP contribution >= 0.6 is 12.4 Å². The van der Waals surface area contributed by atoms with Crippen LogP contribution in [0.3, 0.4) is 0 Å². The maximum Gasteiger partial charge on any atom is 0.238 e. The second-order valence-corrected chi connectivity index (χ2v) is 5.13. The van der Waals surface area contributed by atoms with Gasteiger partial charge in [-0.1, -0.05) is 6.07 Å². The number of anilines is 1. The lowest BCUT2D eigenvalue weighted by Crippen LogP contribution is -2.43. The van der Waals surface area contributed by atoms with Gasteiger partial charge in [-0.3, -0.25) is 9.69 Å². The molecule has 0 spiro atoms. The Morgan fingerprint density at radius 1 is 1.45 bits per heavy atom. The molecule has 2 rings (SSSR count). The predicted octanol–water partition coefficient (Wildman–Crippen LogP) is 1.92. The highest BCUT2D eigenvalue weighted by molar-refractivity contribution is 5.92. The van der Waals surface area contributed by atoms with Gasteiger partial charge in [0.15, 0.2) is 0 Å². The summed E-state index contributed by atoms with van der Waals surface area (Å²) in [6, 6.07) is 4.97. The number of amides is 1. The molecule has 1 amide bonds. The first-order valence-electron chi connectivity index (χ1n) is 6.58. The van der Waals surface area contributed by atoms with Gasteiger partial charge in [-0.2, -0.15) is 0 Å². The first kappa shape index (κ1) is 16.9. The largest absolute Gasteiger partial charge is 0.328 e. The van der Waals surface area contributed by atoms with E-state index in [1.807, 2.05) is 0 Å². The molecule has 1 aliphatic heterocycles. The van der Waals surface area contributed by atoms with Gasteiger partial charge < -0.3 is 11.1 Å². The molecule has 4 nitrogen and oxygen atoms in total. The van der Waals surface area contributed by atoms with E-state index in [1.54, 1.807) is 19.1 Å². The van der Waals surface area contributed by atoms with Crippen molar-refractivity contribution in [2.45, 2.75) is 25.8 Å². The van der Waals surface area contributed by atoms with E-state index in [0.717, 1.165) is 25.9 Å². The minimum atomic E-state index is -0.304. The molecular formula is C14H21ClFN3O. The van der Waals surface area contributed by atoms with Crippen LogP contribution in [0.15, 0.2) is 18.2 Å². The molecule has 0 bridgehead atoms. The maximum atomic E-state index is 13.4. The Morgan fingerprint density at radius 2 is 2.10 bits per heavy atom. The summed E-state index contributed by atoms with van der Waals surface area (Å²) in [5, 5.41) is 2.72. The molecule has 0 aromatic heterocycles. The number of nitrogens with zero attached hydrogens (tertiary/aromatic N) is 1. The predicted molar refractivity (Wildman–Crippen MR) is 80.7 cm³/mol. The van der Waals surface area contributed by atoms with Crippen LogP contribution in [-0.4, -0.2) is 36.5 Å². The van der Waals surface area contributed by atoms with Crippen LogP contribution in [0.25, 0.3) is 0 Å². The number of nitrogens with one attached hydrogen (secondary N) is 1. The summed E-state index contributed by atoms with van der Waals surface area (Å²) >= 11 is 0. The van der Waals surface area contributed by atoms with Crippen molar-refractivity contribution < 1.29 is 9.18 Å². The summed E-state index contributed by atoms with van der Waals surface area (Å²) in [6.07, 6.45) is 1.85. The number of halogens is 2. The van der Waals surface area contributed by atoms with Crippen LogP contribution in [0.4, 0.5) is 10.1 Å². The summed E-state index contributed by atoms with van der Waals surface area (Å²) in [5.41, 5.74) is 6.89. The molecule has 1 aliphatic rings. The third-order valence-electron chi connectivity index (χ3n) is 3.46. The van der Waals surface area contributed by atoms with Crippen molar-refractivity contribution in [3.05, 3.63) is 29.6 Å². The summed E-state index contributed by atoms with van der Waals surface area (Å²) in [6.45, 7) is 3.72. The summed E-state index contributed by atoms with van der Waals surface area (Å²) < 4.78 is 13.4. The molecule has 20 heavy (non-hydrogen) atoms. The van der Waals surface area contributed by atoms with Crippen LogP contribution in [0.5, 0.6) is 0 Å². The smallest absolute Gasteiger partial charge is 0.238 e. The molecule has 1 aromatic carbocycles. The number of carbonyl (C=O) groups is 1. The van der Waals surface area contributed by atoms with Gasteiger partial charge in [0.25, 0.3) is 0 Å². The fourth-order valence-corrected chi connectivity index (χ4v) is 2.19. The monoisotopic (exact) mass is 301 g/mol. The van der Waals surface area contributed by atoms with Crippen molar-refractivity contribution in [3.63, 3.8) is 0 Å². The number of hydrogen-bond acceptors (Lipinski definition) is 3. The fourth-order valence-electron chi connectivity index (χ4n) is 2.19. The Bertz CT molecular complexity index is 462. The Morgan fingerprint density at radius 3 is 2.70 bits per heavy atom. The molecule has 1 heterocycles. The van der Waals surface area contributed by atoms with E-state index in [4.69, 9.17) is 5.73 Å². The molecule has 0 radical (unpaired) electrons. The van der Waals surface area contributed by atoms with Gasteiger partial charge in [-0.15, -0.1) is 12.4 Å². The minimum Gasteiger partial charge on any atom is -0.328 e. The average Bonchev–Trinajstić information content (AvgIpc) is 2.37. The molecule has 1 aromatic rings. The number of aryl methyl sites for hydroxylation is 1. The van der Waals surface area contributed by atoms with Crippen molar-refractivity contribution in [2.75, 3.05) is 25.0 Å². The minimum absolute atomic E-state index is 0. The van der Waals surface area contributed by atoms with Gasteiger partial charge in [-0.05, 0) is 37.5 Å². The molecule has 0 aliphatic carbocycles. The lowest BCUT2D eigenvalue weighted by Gasteiger charge is -2.29.